The van der Waals surface area contributed by atoms with Gasteiger partial charge in [0, 0.05) is 6.54 Å². The highest BCUT2D eigenvalue weighted by Gasteiger charge is 2.19. The molecule has 0 fully saturated rings. The third kappa shape index (κ3) is 2.53. The first kappa shape index (κ1) is 14.1. The quantitative estimate of drug-likeness (QED) is 0.735. The lowest BCUT2D eigenvalue weighted by Gasteiger charge is -2.14. The van der Waals surface area contributed by atoms with Crippen molar-refractivity contribution in [3.63, 3.8) is 0 Å². The van der Waals surface area contributed by atoms with E-state index in [9.17, 15) is 4.79 Å². The summed E-state index contributed by atoms with van der Waals surface area (Å²) in [6.07, 6.45) is 3.30. The Kier molecular flexibility index (Phi) is 3.78. The molecule has 112 valence electrons. The van der Waals surface area contributed by atoms with Crippen LogP contribution in [0, 0.1) is 0 Å². The van der Waals surface area contributed by atoms with E-state index < -0.39 is 0 Å². The molecule has 3 aromatic rings. The van der Waals surface area contributed by atoms with E-state index in [4.69, 9.17) is 4.42 Å². The van der Waals surface area contributed by atoms with E-state index in [0.29, 0.717) is 12.3 Å². The lowest BCUT2D eigenvalue weighted by molar-refractivity contribution is 0.0909. The minimum atomic E-state index is -0.255. The third-order valence-electron chi connectivity index (χ3n) is 3.48. The van der Waals surface area contributed by atoms with Crippen LogP contribution in [0.15, 0.2) is 59.7 Å². The number of nitrogens with one attached hydrogen (secondary N) is 1. The summed E-state index contributed by atoms with van der Waals surface area (Å²) in [5.74, 6) is 0.828. The summed E-state index contributed by atoms with van der Waals surface area (Å²) in [5, 5.41) is 2.91. The van der Waals surface area contributed by atoms with E-state index in [2.05, 4.69) is 21.4 Å². The predicted octanol–water partition coefficient (Wildman–Crippen LogP) is 3.31. The van der Waals surface area contributed by atoms with Gasteiger partial charge in [0.15, 0.2) is 5.76 Å². The van der Waals surface area contributed by atoms with Crippen molar-refractivity contribution in [3.8, 4) is 0 Å². The Bertz CT molecular complexity index is 803. The number of benzene rings is 1. The molecule has 0 aliphatic heterocycles. The van der Waals surface area contributed by atoms with Gasteiger partial charge < -0.3 is 14.3 Å². The molecule has 2 aromatic heterocycles. The standard InChI is InChI=1S/C17H17N3O2/c1-3-10-20-14-8-5-4-7-13(14)19-16(20)12(2)18-17(21)15-9-6-11-22-15/h3-9,11-12H,1,10H2,2H3,(H,18,21)/t12-/m1/s1. The monoisotopic (exact) mass is 295 g/mol. The van der Waals surface area contributed by atoms with Crippen LogP contribution in [0.1, 0.15) is 29.3 Å². The Morgan fingerprint density at radius 1 is 1.41 bits per heavy atom. The van der Waals surface area contributed by atoms with Gasteiger partial charge in [-0.2, -0.15) is 0 Å². The highest BCUT2D eigenvalue weighted by Crippen LogP contribution is 2.21. The summed E-state index contributed by atoms with van der Waals surface area (Å²) in [4.78, 5) is 16.7. The van der Waals surface area contributed by atoms with Gasteiger partial charge in [0.1, 0.15) is 5.82 Å². The second kappa shape index (κ2) is 5.89. The van der Waals surface area contributed by atoms with Crippen LogP contribution in [0.25, 0.3) is 11.0 Å². The van der Waals surface area contributed by atoms with E-state index >= 15 is 0 Å². The average Bonchev–Trinajstić information content (AvgIpc) is 3.16. The van der Waals surface area contributed by atoms with Crippen LogP contribution >= 0.6 is 0 Å². The van der Waals surface area contributed by atoms with E-state index in [0.717, 1.165) is 16.9 Å². The third-order valence-corrected chi connectivity index (χ3v) is 3.48. The number of hydrogen-bond donors (Lipinski definition) is 1. The van der Waals surface area contributed by atoms with Crippen molar-refractivity contribution in [2.24, 2.45) is 0 Å². The van der Waals surface area contributed by atoms with Gasteiger partial charge in [0.2, 0.25) is 0 Å². The first-order valence-electron chi connectivity index (χ1n) is 7.11. The Labute approximate surface area is 128 Å². The van der Waals surface area contributed by atoms with Crippen LogP contribution in [-0.4, -0.2) is 15.5 Å². The molecule has 1 N–H and O–H groups in total. The van der Waals surface area contributed by atoms with Gasteiger partial charge in [0.05, 0.1) is 23.3 Å². The SMILES string of the molecule is C=CCn1c([C@@H](C)NC(=O)c2ccco2)nc2ccccc21. The van der Waals surface area contributed by atoms with Crippen molar-refractivity contribution < 1.29 is 9.21 Å². The van der Waals surface area contributed by atoms with Crippen molar-refractivity contribution >= 4 is 16.9 Å². The number of furan rings is 1. The Balaban J connectivity index is 1.93. The molecular formula is C17H17N3O2. The molecule has 0 unspecified atom stereocenters. The zero-order valence-corrected chi connectivity index (χ0v) is 12.3. The summed E-state index contributed by atoms with van der Waals surface area (Å²) >= 11 is 0. The normalized spacial score (nSPS) is 12.2. The van der Waals surface area contributed by atoms with E-state index in [1.807, 2.05) is 37.3 Å². The van der Waals surface area contributed by atoms with Crippen LogP contribution in [0.4, 0.5) is 0 Å². The molecule has 5 heteroatoms. The van der Waals surface area contributed by atoms with Gasteiger partial charge in [-0.1, -0.05) is 18.2 Å². The highest BCUT2D eigenvalue weighted by atomic mass is 16.3. The van der Waals surface area contributed by atoms with Gasteiger partial charge in [-0.3, -0.25) is 4.79 Å². The fraction of sp³-hybridized carbons (Fsp3) is 0.176. The van der Waals surface area contributed by atoms with Gasteiger partial charge >= 0.3 is 0 Å². The fourth-order valence-corrected chi connectivity index (χ4v) is 2.49. The molecule has 0 radical (unpaired) electrons. The highest BCUT2D eigenvalue weighted by molar-refractivity contribution is 5.91. The lowest BCUT2D eigenvalue weighted by Crippen LogP contribution is -2.28. The van der Waals surface area contributed by atoms with Crippen LogP contribution in [0.2, 0.25) is 0 Å². The second-order valence-corrected chi connectivity index (χ2v) is 5.03. The molecule has 5 nitrogen and oxygen atoms in total. The number of carbonyl (C=O) groups is 1. The van der Waals surface area contributed by atoms with Crippen LogP contribution < -0.4 is 5.32 Å². The number of nitrogens with zero attached hydrogens (tertiary/aromatic N) is 2. The van der Waals surface area contributed by atoms with Gasteiger partial charge in [-0.25, -0.2) is 4.98 Å². The van der Waals surface area contributed by atoms with Crippen molar-refractivity contribution in [2.45, 2.75) is 19.5 Å². The zero-order valence-electron chi connectivity index (χ0n) is 12.3. The minimum Gasteiger partial charge on any atom is -0.459 e. The molecule has 0 spiro atoms. The molecule has 1 amide bonds. The molecule has 22 heavy (non-hydrogen) atoms. The number of hydrogen-bond acceptors (Lipinski definition) is 3. The van der Waals surface area contributed by atoms with Crippen LogP contribution in [-0.2, 0) is 6.54 Å². The summed E-state index contributed by atoms with van der Waals surface area (Å²) in [7, 11) is 0. The second-order valence-electron chi connectivity index (χ2n) is 5.03. The molecular weight excluding hydrogens is 278 g/mol. The predicted molar refractivity (Wildman–Crippen MR) is 84.5 cm³/mol. The van der Waals surface area contributed by atoms with Crippen LogP contribution in [0.5, 0.6) is 0 Å². The molecule has 1 atom stereocenters. The number of amides is 1. The number of rotatable bonds is 5. The fourth-order valence-electron chi connectivity index (χ4n) is 2.49. The molecule has 0 bridgehead atoms. The molecule has 0 saturated heterocycles. The molecule has 2 heterocycles. The van der Waals surface area contributed by atoms with Gasteiger partial charge in [-0.05, 0) is 31.2 Å². The maximum atomic E-state index is 12.1. The number of allylic oxidation sites excluding steroid dienone is 1. The number of fused-ring (bicyclic) bond motifs is 1. The van der Waals surface area contributed by atoms with Crippen molar-refractivity contribution in [1.29, 1.82) is 0 Å². The minimum absolute atomic E-state index is 0.245. The summed E-state index contributed by atoms with van der Waals surface area (Å²) in [6, 6.07) is 11.0. The van der Waals surface area contributed by atoms with E-state index in [-0.39, 0.29) is 11.9 Å². The Hall–Kier alpha value is -2.82. The number of para-hydroxylation sites is 2. The molecule has 0 aliphatic carbocycles. The summed E-state index contributed by atoms with van der Waals surface area (Å²) in [5.41, 5.74) is 1.93. The molecule has 0 aliphatic rings. The van der Waals surface area contributed by atoms with Crippen LogP contribution in [0.3, 0.4) is 0 Å². The number of imidazole rings is 1. The Morgan fingerprint density at radius 3 is 2.95 bits per heavy atom. The van der Waals surface area contributed by atoms with E-state index in [1.54, 1.807) is 12.1 Å². The number of aromatic nitrogens is 2. The van der Waals surface area contributed by atoms with E-state index in [1.165, 1.54) is 6.26 Å². The first-order chi connectivity index (χ1) is 10.7. The van der Waals surface area contributed by atoms with Gasteiger partial charge in [-0.15, -0.1) is 6.58 Å². The largest absolute Gasteiger partial charge is 0.459 e. The maximum Gasteiger partial charge on any atom is 0.287 e. The lowest BCUT2D eigenvalue weighted by atomic mass is 10.3. The summed E-state index contributed by atoms with van der Waals surface area (Å²) < 4.78 is 7.16. The smallest absolute Gasteiger partial charge is 0.287 e. The summed E-state index contributed by atoms with van der Waals surface area (Å²) in [6.45, 7) is 6.33. The maximum absolute atomic E-state index is 12.1. The van der Waals surface area contributed by atoms with Crippen molar-refractivity contribution in [1.82, 2.24) is 14.9 Å². The van der Waals surface area contributed by atoms with Crippen molar-refractivity contribution in [2.75, 3.05) is 0 Å². The first-order valence-corrected chi connectivity index (χ1v) is 7.11. The van der Waals surface area contributed by atoms with Gasteiger partial charge in [0.25, 0.3) is 5.91 Å². The average molecular weight is 295 g/mol. The Morgan fingerprint density at radius 2 is 2.23 bits per heavy atom. The molecule has 1 aromatic carbocycles. The molecule has 3 rings (SSSR count). The zero-order chi connectivity index (χ0) is 15.5. The van der Waals surface area contributed by atoms with Crippen molar-refractivity contribution in [3.05, 3.63) is 66.9 Å². The molecule has 0 saturated carbocycles. The topological polar surface area (TPSA) is 60.1 Å². The number of carbonyl (C=O) groups excluding carboxylic acids is 1.